The zero-order valence-electron chi connectivity index (χ0n) is 9.92. The van der Waals surface area contributed by atoms with Gasteiger partial charge in [-0.05, 0) is 17.9 Å². The first-order chi connectivity index (χ1) is 8.86. The smallest absolute Gasteiger partial charge is 0.138 e. The third-order valence-electron chi connectivity index (χ3n) is 2.61. The first-order valence-corrected chi connectivity index (χ1v) is 6.75. The number of H-pyrrole nitrogens is 1. The summed E-state index contributed by atoms with van der Waals surface area (Å²) in [7, 11) is 0. The Morgan fingerprint density at radius 2 is 2.11 bits per heavy atom. The molecule has 0 aliphatic heterocycles. The average molecular weight is 256 g/mol. The van der Waals surface area contributed by atoms with Crippen molar-refractivity contribution in [2.24, 2.45) is 0 Å². The van der Waals surface area contributed by atoms with Gasteiger partial charge in [0.2, 0.25) is 0 Å². The fourth-order valence-corrected chi connectivity index (χ4v) is 2.53. The van der Waals surface area contributed by atoms with E-state index in [2.05, 4.69) is 51.4 Å². The second kappa shape index (κ2) is 4.78. The van der Waals surface area contributed by atoms with Crippen molar-refractivity contribution in [3.05, 3.63) is 36.7 Å². The van der Waals surface area contributed by atoms with E-state index < -0.39 is 0 Å². The molecule has 0 aliphatic carbocycles. The first-order valence-electron chi connectivity index (χ1n) is 5.76. The molecule has 0 atom stereocenters. The third kappa shape index (κ3) is 2.09. The maximum atomic E-state index is 4.52. The van der Waals surface area contributed by atoms with Crippen LogP contribution in [0.1, 0.15) is 6.92 Å². The Morgan fingerprint density at radius 1 is 1.22 bits per heavy atom. The Balaban J connectivity index is 2.05. The van der Waals surface area contributed by atoms with Crippen LogP contribution in [0.15, 0.2) is 41.6 Å². The highest BCUT2D eigenvalue weighted by molar-refractivity contribution is 7.99. The normalized spacial score (nSPS) is 10.9. The minimum atomic E-state index is 0.841. The number of rotatable bonds is 3. The number of benzene rings is 1. The molecule has 0 unspecified atom stereocenters. The number of imidazole rings is 1. The summed E-state index contributed by atoms with van der Waals surface area (Å²) in [6.45, 7) is 2.15. The summed E-state index contributed by atoms with van der Waals surface area (Å²) >= 11 is 1.82. The van der Waals surface area contributed by atoms with Gasteiger partial charge in [0.15, 0.2) is 0 Å². The van der Waals surface area contributed by atoms with E-state index in [0.717, 1.165) is 28.2 Å². The summed E-state index contributed by atoms with van der Waals surface area (Å²) in [6.07, 6.45) is 3.36. The molecular weight excluding hydrogens is 244 g/mol. The minimum Gasteiger partial charge on any atom is -0.337 e. The van der Waals surface area contributed by atoms with Gasteiger partial charge in [-0.2, -0.15) is 10.2 Å². The highest BCUT2D eigenvalue weighted by Crippen LogP contribution is 2.25. The van der Waals surface area contributed by atoms with Crippen LogP contribution in [0, 0.1) is 0 Å². The first kappa shape index (κ1) is 11.2. The summed E-state index contributed by atoms with van der Waals surface area (Å²) in [5.74, 6) is 1.93. The second-order valence-corrected chi connectivity index (χ2v) is 5.17. The van der Waals surface area contributed by atoms with Gasteiger partial charge in [0.1, 0.15) is 11.3 Å². The van der Waals surface area contributed by atoms with Crippen LogP contribution in [0.3, 0.4) is 0 Å². The molecule has 0 bridgehead atoms. The molecule has 4 nitrogen and oxygen atoms in total. The molecule has 0 saturated heterocycles. The highest BCUT2D eigenvalue weighted by Gasteiger charge is 2.06. The zero-order valence-corrected chi connectivity index (χ0v) is 10.7. The largest absolute Gasteiger partial charge is 0.337 e. The predicted octanol–water partition coefficient (Wildman–Crippen LogP) is 3.13. The van der Waals surface area contributed by atoms with Crippen molar-refractivity contribution in [3.8, 4) is 11.4 Å². The summed E-state index contributed by atoms with van der Waals surface area (Å²) in [5.41, 5.74) is 2.84. The van der Waals surface area contributed by atoms with Crippen molar-refractivity contribution >= 4 is 22.8 Å². The molecule has 18 heavy (non-hydrogen) atoms. The monoisotopic (exact) mass is 256 g/mol. The van der Waals surface area contributed by atoms with Gasteiger partial charge in [-0.3, -0.25) is 0 Å². The van der Waals surface area contributed by atoms with E-state index in [1.807, 2.05) is 11.8 Å². The molecule has 0 amide bonds. The number of fused-ring (bicyclic) bond motifs is 1. The number of hydrogen-bond acceptors (Lipinski definition) is 4. The van der Waals surface area contributed by atoms with E-state index in [0.29, 0.717) is 0 Å². The lowest BCUT2D eigenvalue weighted by molar-refractivity contribution is 1.05. The number of aromatic nitrogens is 4. The summed E-state index contributed by atoms with van der Waals surface area (Å²) in [5, 5.41) is 7.67. The summed E-state index contributed by atoms with van der Waals surface area (Å²) < 4.78 is 0. The topological polar surface area (TPSA) is 54.5 Å². The maximum absolute atomic E-state index is 4.52. The molecule has 3 aromatic rings. The molecule has 0 saturated carbocycles. The lowest BCUT2D eigenvalue weighted by Gasteiger charge is -2.01. The predicted molar refractivity (Wildman–Crippen MR) is 73.5 cm³/mol. The molecule has 0 radical (unpaired) electrons. The number of nitrogens with zero attached hydrogens (tertiary/aromatic N) is 3. The molecule has 90 valence electrons. The van der Waals surface area contributed by atoms with Gasteiger partial charge in [0, 0.05) is 10.5 Å². The van der Waals surface area contributed by atoms with Crippen molar-refractivity contribution in [1.29, 1.82) is 0 Å². The lowest BCUT2D eigenvalue weighted by Crippen LogP contribution is -1.81. The van der Waals surface area contributed by atoms with Crippen LogP contribution in [0.4, 0.5) is 0 Å². The van der Waals surface area contributed by atoms with E-state index in [1.165, 1.54) is 4.90 Å². The Labute approximate surface area is 109 Å². The van der Waals surface area contributed by atoms with Crippen LogP contribution in [0.25, 0.3) is 22.4 Å². The third-order valence-corrected chi connectivity index (χ3v) is 3.49. The Kier molecular flexibility index (Phi) is 2.98. The second-order valence-electron chi connectivity index (χ2n) is 3.83. The van der Waals surface area contributed by atoms with E-state index in [9.17, 15) is 0 Å². The molecule has 0 fully saturated rings. The van der Waals surface area contributed by atoms with Gasteiger partial charge in [-0.1, -0.05) is 19.1 Å². The maximum Gasteiger partial charge on any atom is 0.138 e. The van der Waals surface area contributed by atoms with E-state index in [4.69, 9.17) is 0 Å². The van der Waals surface area contributed by atoms with Crippen LogP contribution in [0.2, 0.25) is 0 Å². The van der Waals surface area contributed by atoms with Crippen LogP contribution in [0.5, 0.6) is 0 Å². The van der Waals surface area contributed by atoms with Gasteiger partial charge in [-0.15, -0.1) is 11.8 Å². The van der Waals surface area contributed by atoms with Gasteiger partial charge in [0.05, 0.1) is 17.9 Å². The highest BCUT2D eigenvalue weighted by atomic mass is 32.2. The van der Waals surface area contributed by atoms with Crippen molar-refractivity contribution < 1.29 is 0 Å². The molecular formula is C13H12N4S. The van der Waals surface area contributed by atoms with E-state index >= 15 is 0 Å². The number of thioether (sulfide) groups is 1. The summed E-state index contributed by atoms with van der Waals surface area (Å²) in [4.78, 5) is 9.03. The Bertz CT molecular complexity index is 644. The minimum absolute atomic E-state index is 0.841. The van der Waals surface area contributed by atoms with Gasteiger partial charge >= 0.3 is 0 Å². The SMILES string of the molecule is CCSc1cccc(-c2nc3cnncc3[nH]2)c1. The number of aromatic amines is 1. The van der Waals surface area contributed by atoms with Crippen molar-refractivity contribution in [2.45, 2.75) is 11.8 Å². The quantitative estimate of drug-likeness (QED) is 0.731. The van der Waals surface area contributed by atoms with Crippen LogP contribution in [-0.4, -0.2) is 25.9 Å². The Morgan fingerprint density at radius 3 is 2.94 bits per heavy atom. The van der Waals surface area contributed by atoms with E-state index in [1.54, 1.807) is 12.4 Å². The molecule has 1 aromatic carbocycles. The number of hydrogen-bond donors (Lipinski definition) is 1. The average Bonchev–Trinajstić information content (AvgIpc) is 2.83. The molecule has 3 rings (SSSR count). The van der Waals surface area contributed by atoms with E-state index in [-0.39, 0.29) is 0 Å². The van der Waals surface area contributed by atoms with Crippen molar-refractivity contribution in [2.75, 3.05) is 5.75 Å². The van der Waals surface area contributed by atoms with Gasteiger partial charge in [0.25, 0.3) is 0 Å². The molecule has 2 heterocycles. The molecule has 0 aliphatic rings. The van der Waals surface area contributed by atoms with Crippen molar-refractivity contribution in [3.63, 3.8) is 0 Å². The number of nitrogens with one attached hydrogen (secondary N) is 1. The fourth-order valence-electron chi connectivity index (χ4n) is 1.81. The van der Waals surface area contributed by atoms with Crippen LogP contribution in [-0.2, 0) is 0 Å². The van der Waals surface area contributed by atoms with Gasteiger partial charge < -0.3 is 4.98 Å². The standard InChI is InChI=1S/C13H12N4S/c1-2-18-10-5-3-4-9(6-10)13-16-11-7-14-15-8-12(11)17-13/h3-8H,2H2,1H3,(H,16,17). The fraction of sp³-hybridized carbons (Fsp3) is 0.154. The molecule has 1 N–H and O–H groups in total. The zero-order chi connectivity index (χ0) is 12.4. The summed E-state index contributed by atoms with van der Waals surface area (Å²) in [6, 6.07) is 8.37. The van der Waals surface area contributed by atoms with Gasteiger partial charge in [-0.25, -0.2) is 4.98 Å². The van der Waals surface area contributed by atoms with Crippen molar-refractivity contribution in [1.82, 2.24) is 20.2 Å². The molecule has 2 aromatic heterocycles. The van der Waals surface area contributed by atoms with Crippen LogP contribution >= 0.6 is 11.8 Å². The Hall–Kier alpha value is -1.88. The molecule has 0 spiro atoms. The van der Waals surface area contributed by atoms with Crippen LogP contribution < -0.4 is 0 Å². The molecule has 5 heteroatoms. The lowest BCUT2D eigenvalue weighted by atomic mass is 10.2.